The zero-order valence-electron chi connectivity index (χ0n) is 21.1. The summed E-state index contributed by atoms with van der Waals surface area (Å²) in [5.74, 6) is -1.55. The Morgan fingerprint density at radius 3 is 2.51 bits per heavy atom. The number of anilines is 2. The summed E-state index contributed by atoms with van der Waals surface area (Å²) in [7, 11) is 1.47. The Morgan fingerprint density at radius 2 is 1.82 bits per heavy atom. The number of amides is 1. The van der Waals surface area contributed by atoms with Gasteiger partial charge < -0.3 is 19.7 Å². The molecule has 0 saturated carbocycles. The number of carbonyl (C=O) groups is 1. The summed E-state index contributed by atoms with van der Waals surface area (Å²) in [4.78, 5) is 15.4. The molecule has 8 nitrogen and oxygen atoms in total. The quantitative estimate of drug-likeness (QED) is 0.348. The third kappa shape index (κ3) is 5.67. The van der Waals surface area contributed by atoms with Gasteiger partial charge in [0.2, 0.25) is 0 Å². The van der Waals surface area contributed by atoms with Gasteiger partial charge in [-0.1, -0.05) is 18.2 Å². The van der Waals surface area contributed by atoms with E-state index in [1.54, 1.807) is 29.1 Å². The average molecular weight is 530 g/mol. The van der Waals surface area contributed by atoms with Crippen LogP contribution in [0.25, 0.3) is 5.69 Å². The number of halogens is 2. The Kier molecular flexibility index (Phi) is 7.41. The third-order valence-electron chi connectivity index (χ3n) is 6.48. The van der Waals surface area contributed by atoms with E-state index in [0.717, 1.165) is 23.5 Å². The zero-order chi connectivity index (χ0) is 27.4. The first kappa shape index (κ1) is 25.7. The number of nitrogens with zero attached hydrogens (tertiary/aromatic N) is 4. The van der Waals surface area contributed by atoms with E-state index in [2.05, 4.69) is 21.4 Å². The van der Waals surface area contributed by atoms with Crippen molar-refractivity contribution >= 4 is 17.3 Å². The van der Waals surface area contributed by atoms with Crippen molar-refractivity contribution in [2.45, 2.75) is 18.9 Å². The van der Waals surface area contributed by atoms with Gasteiger partial charge in [-0.15, -0.1) is 0 Å². The molecule has 1 aromatic heterocycles. The second-order valence-corrected chi connectivity index (χ2v) is 9.00. The van der Waals surface area contributed by atoms with Crippen LogP contribution in [0.5, 0.6) is 11.5 Å². The number of ether oxygens (including phenoxy) is 2. The van der Waals surface area contributed by atoms with Gasteiger partial charge in [0.15, 0.2) is 23.0 Å². The van der Waals surface area contributed by atoms with Gasteiger partial charge in [-0.3, -0.25) is 4.79 Å². The van der Waals surface area contributed by atoms with Crippen LogP contribution in [0.3, 0.4) is 0 Å². The van der Waals surface area contributed by atoms with Gasteiger partial charge in [0.1, 0.15) is 11.9 Å². The molecule has 1 amide bonds. The number of hydrogen-bond acceptors (Lipinski definition) is 6. The first-order valence-electron chi connectivity index (χ1n) is 12.4. The second-order valence-electron chi connectivity index (χ2n) is 9.00. The fourth-order valence-corrected chi connectivity index (χ4v) is 4.51. The molecule has 0 atom stereocenters. The fourth-order valence-electron chi connectivity index (χ4n) is 4.51. The number of methoxy groups -OCH3 is 1. The summed E-state index contributed by atoms with van der Waals surface area (Å²) >= 11 is 0. The molecule has 1 saturated heterocycles. The van der Waals surface area contributed by atoms with Crippen LogP contribution >= 0.6 is 0 Å². The molecule has 5 rings (SSSR count). The first-order valence-corrected chi connectivity index (χ1v) is 12.4. The van der Waals surface area contributed by atoms with E-state index >= 15 is 0 Å². The van der Waals surface area contributed by atoms with Crippen LogP contribution in [0.15, 0.2) is 72.9 Å². The Hall–Kier alpha value is -4.91. The molecule has 0 spiro atoms. The van der Waals surface area contributed by atoms with Crippen molar-refractivity contribution in [3.63, 3.8) is 0 Å². The van der Waals surface area contributed by atoms with Crippen molar-refractivity contribution in [3.05, 3.63) is 95.8 Å². The lowest BCUT2D eigenvalue weighted by Crippen LogP contribution is -2.38. The molecule has 1 aliphatic heterocycles. The molecule has 0 aliphatic carbocycles. The van der Waals surface area contributed by atoms with E-state index < -0.39 is 17.5 Å². The largest absolute Gasteiger partial charge is 0.493 e. The van der Waals surface area contributed by atoms with Crippen LogP contribution in [0.1, 0.15) is 28.9 Å². The summed E-state index contributed by atoms with van der Waals surface area (Å²) in [6, 6.07) is 19.8. The highest BCUT2D eigenvalue weighted by Gasteiger charge is 2.25. The number of rotatable bonds is 7. The molecule has 0 unspecified atom stereocenters. The van der Waals surface area contributed by atoms with E-state index in [-0.39, 0.29) is 17.5 Å². The molecule has 1 N–H and O–H groups in total. The molecule has 3 aromatic carbocycles. The van der Waals surface area contributed by atoms with Crippen molar-refractivity contribution in [2.75, 3.05) is 30.4 Å². The fraction of sp³-hybridized carbons (Fsp3) is 0.207. The van der Waals surface area contributed by atoms with E-state index in [9.17, 15) is 18.8 Å². The molecule has 2 heterocycles. The van der Waals surface area contributed by atoms with Gasteiger partial charge in [0, 0.05) is 32.0 Å². The zero-order valence-corrected chi connectivity index (χ0v) is 21.1. The third-order valence-corrected chi connectivity index (χ3v) is 6.48. The summed E-state index contributed by atoms with van der Waals surface area (Å²) in [6.07, 6.45) is 2.55. The normalized spacial score (nSPS) is 13.5. The molecule has 0 bridgehead atoms. The standard InChI is InChI=1S/C29H25F2N5O3/c1-38-27-18-36(21-5-3-2-4-6-21)34-28(27)29(37)33-24-15-19(17-32)7-9-25(24)35-13-11-22(12-14-35)39-26-10-8-20(30)16-23(26)31/h2-10,15-16,18,22H,11-14H2,1H3,(H,33,37). The number of nitrogens with one attached hydrogen (secondary N) is 1. The van der Waals surface area contributed by atoms with E-state index in [1.165, 1.54) is 13.2 Å². The van der Waals surface area contributed by atoms with Crippen LogP contribution in [0, 0.1) is 23.0 Å². The summed E-state index contributed by atoms with van der Waals surface area (Å²) in [5.41, 5.74) is 2.45. The van der Waals surface area contributed by atoms with Gasteiger partial charge in [0.25, 0.3) is 5.91 Å². The van der Waals surface area contributed by atoms with Crippen LogP contribution in [0.4, 0.5) is 20.2 Å². The van der Waals surface area contributed by atoms with E-state index in [1.807, 2.05) is 30.3 Å². The van der Waals surface area contributed by atoms with Crippen molar-refractivity contribution in [1.29, 1.82) is 5.26 Å². The molecule has 198 valence electrons. The molecule has 10 heteroatoms. The van der Waals surface area contributed by atoms with Crippen molar-refractivity contribution in [1.82, 2.24) is 9.78 Å². The van der Waals surface area contributed by atoms with Gasteiger partial charge in [-0.2, -0.15) is 10.4 Å². The highest BCUT2D eigenvalue weighted by Crippen LogP contribution is 2.32. The Bertz CT molecular complexity index is 1530. The Balaban J connectivity index is 1.33. The maximum atomic E-state index is 14.0. The number of nitriles is 1. The number of aromatic nitrogens is 2. The Morgan fingerprint density at radius 1 is 1.05 bits per heavy atom. The van der Waals surface area contributed by atoms with Gasteiger partial charge in [-0.05, 0) is 42.5 Å². The van der Waals surface area contributed by atoms with E-state index in [0.29, 0.717) is 42.9 Å². The summed E-state index contributed by atoms with van der Waals surface area (Å²) in [5, 5.41) is 16.8. The minimum Gasteiger partial charge on any atom is -0.493 e. The summed E-state index contributed by atoms with van der Waals surface area (Å²) < 4.78 is 40.0. The maximum absolute atomic E-state index is 14.0. The SMILES string of the molecule is COc1cn(-c2ccccc2)nc1C(=O)Nc1cc(C#N)ccc1N1CCC(Oc2ccc(F)cc2F)CC1. The highest BCUT2D eigenvalue weighted by atomic mass is 19.1. The number of carbonyl (C=O) groups excluding carboxylic acids is 1. The predicted molar refractivity (Wildman–Crippen MR) is 141 cm³/mol. The molecule has 1 aliphatic rings. The first-order chi connectivity index (χ1) is 18.9. The minimum absolute atomic E-state index is 0.0186. The van der Waals surface area contributed by atoms with Gasteiger partial charge in [-0.25, -0.2) is 13.5 Å². The molecule has 4 aromatic rings. The second kappa shape index (κ2) is 11.2. The molecule has 0 radical (unpaired) electrons. The van der Waals surface area contributed by atoms with Crippen molar-refractivity contribution < 1.29 is 23.0 Å². The van der Waals surface area contributed by atoms with Crippen LogP contribution in [-0.2, 0) is 0 Å². The Labute approximate surface area is 224 Å². The topological polar surface area (TPSA) is 92.4 Å². The van der Waals surface area contributed by atoms with Crippen LogP contribution in [0.2, 0.25) is 0 Å². The monoisotopic (exact) mass is 529 g/mol. The number of hydrogen-bond donors (Lipinski definition) is 1. The summed E-state index contributed by atoms with van der Waals surface area (Å²) in [6.45, 7) is 1.13. The lowest BCUT2D eigenvalue weighted by Gasteiger charge is -2.34. The molecular formula is C29H25F2N5O3. The van der Waals surface area contributed by atoms with Crippen molar-refractivity contribution in [3.8, 4) is 23.3 Å². The van der Waals surface area contributed by atoms with Gasteiger partial charge in [0.05, 0.1) is 42.0 Å². The minimum atomic E-state index is -0.736. The van der Waals surface area contributed by atoms with Crippen LogP contribution < -0.4 is 19.7 Å². The maximum Gasteiger partial charge on any atom is 0.280 e. The van der Waals surface area contributed by atoms with Gasteiger partial charge >= 0.3 is 0 Å². The van der Waals surface area contributed by atoms with Crippen LogP contribution in [-0.4, -0.2) is 42.0 Å². The smallest absolute Gasteiger partial charge is 0.280 e. The molecule has 1 fully saturated rings. The highest BCUT2D eigenvalue weighted by molar-refractivity contribution is 6.06. The average Bonchev–Trinajstić information content (AvgIpc) is 3.40. The van der Waals surface area contributed by atoms with E-state index in [4.69, 9.17) is 9.47 Å². The van der Waals surface area contributed by atoms with Crippen molar-refractivity contribution in [2.24, 2.45) is 0 Å². The lowest BCUT2D eigenvalue weighted by atomic mass is 10.1. The number of benzene rings is 3. The number of para-hydroxylation sites is 1. The molecule has 39 heavy (non-hydrogen) atoms. The molecular weight excluding hydrogens is 504 g/mol. The predicted octanol–water partition coefficient (Wildman–Crippen LogP) is 5.33. The number of piperidine rings is 1. The lowest BCUT2D eigenvalue weighted by molar-refractivity contribution is 0.101.